The minimum atomic E-state index is -0.155. The van der Waals surface area contributed by atoms with Crippen molar-refractivity contribution in [2.45, 2.75) is 31.6 Å². The van der Waals surface area contributed by atoms with Crippen molar-refractivity contribution >= 4 is 6.29 Å². The van der Waals surface area contributed by atoms with Gasteiger partial charge >= 0.3 is 0 Å². The van der Waals surface area contributed by atoms with Crippen LogP contribution in [0, 0.1) is 5.92 Å². The van der Waals surface area contributed by atoms with Crippen LogP contribution >= 0.6 is 0 Å². The predicted octanol–water partition coefficient (Wildman–Crippen LogP) is 3.96. The molecule has 0 radical (unpaired) electrons. The van der Waals surface area contributed by atoms with Gasteiger partial charge in [-0.2, -0.15) is 0 Å². The first kappa shape index (κ1) is 17.3. The number of aldehydes is 1. The van der Waals surface area contributed by atoms with Gasteiger partial charge in [-0.05, 0) is 36.3 Å². The van der Waals surface area contributed by atoms with Gasteiger partial charge in [-0.25, -0.2) is 0 Å². The lowest BCUT2D eigenvalue weighted by Crippen LogP contribution is -2.24. The molecule has 1 aromatic carbocycles. The van der Waals surface area contributed by atoms with Crippen molar-refractivity contribution in [3.8, 4) is 17.2 Å². The highest BCUT2D eigenvalue weighted by Gasteiger charge is 2.29. The molecule has 1 aliphatic carbocycles. The molecule has 25 heavy (non-hydrogen) atoms. The Hall–Kier alpha value is -2.56. The van der Waals surface area contributed by atoms with Gasteiger partial charge in [0.2, 0.25) is 0 Å². The van der Waals surface area contributed by atoms with Gasteiger partial charge in [-0.1, -0.05) is 31.0 Å². The summed E-state index contributed by atoms with van der Waals surface area (Å²) >= 11 is 0. The Kier molecular flexibility index (Phi) is 5.53. The number of methoxy groups -OCH3 is 1. The van der Waals surface area contributed by atoms with E-state index in [-0.39, 0.29) is 11.3 Å². The molecule has 0 aliphatic heterocycles. The molecule has 1 saturated carbocycles. The molecule has 2 aromatic rings. The first-order valence-corrected chi connectivity index (χ1v) is 8.62. The SMILES string of the molecule is COc1ccccc1C1CCCCC1COc1cncc(O)c1C=O. The average molecular weight is 341 g/mol. The third-order valence-electron chi connectivity index (χ3n) is 4.95. The Labute approximate surface area is 147 Å². The molecule has 1 heterocycles. The maximum atomic E-state index is 11.2. The summed E-state index contributed by atoms with van der Waals surface area (Å²) in [4.78, 5) is 15.1. The van der Waals surface area contributed by atoms with E-state index in [4.69, 9.17) is 9.47 Å². The molecule has 0 saturated heterocycles. The number of nitrogens with zero attached hydrogens (tertiary/aromatic N) is 1. The van der Waals surface area contributed by atoms with Crippen LogP contribution in [0.5, 0.6) is 17.2 Å². The zero-order chi connectivity index (χ0) is 17.6. The smallest absolute Gasteiger partial charge is 0.157 e. The highest BCUT2D eigenvalue weighted by Crippen LogP contribution is 2.41. The molecular weight excluding hydrogens is 318 g/mol. The van der Waals surface area contributed by atoms with Crippen LogP contribution in [0.25, 0.3) is 0 Å². The number of aromatic hydroxyl groups is 1. The molecule has 5 heteroatoms. The van der Waals surface area contributed by atoms with Gasteiger partial charge < -0.3 is 14.6 Å². The molecule has 1 N–H and O–H groups in total. The Morgan fingerprint density at radius 3 is 2.80 bits per heavy atom. The first-order valence-electron chi connectivity index (χ1n) is 8.62. The number of rotatable bonds is 6. The maximum absolute atomic E-state index is 11.2. The molecule has 2 unspecified atom stereocenters. The third-order valence-corrected chi connectivity index (χ3v) is 4.95. The van der Waals surface area contributed by atoms with Crippen molar-refractivity contribution in [2.24, 2.45) is 5.92 Å². The van der Waals surface area contributed by atoms with Gasteiger partial charge in [0.25, 0.3) is 0 Å². The number of carbonyl (C=O) groups is 1. The second kappa shape index (κ2) is 8.01. The van der Waals surface area contributed by atoms with Crippen LogP contribution in [0.2, 0.25) is 0 Å². The normalized spacial score (nSPS) is 20.0. The van der Waals surface area contributed by atoms with E-state index in [1.807, 2.05) is 18.2 Å². The third kappa shape index (κ3) is 3.76. The summed E-state index contributed by atoms with van der Waals surface area (Å²) in [5.41, 5.74) is 1.36. The molecule has 1 aliphatic rings. The fraction of sp³-hybridized carbons (Fsp3) is 0.400. The molecule has 0 amide bonds. The zero-order valence-electron chi connectivity index (χ0n) is 14.4. The number of aromatic nitrogens is 1. The molecular formula is C20H23NO4. The van der Waals surface area contributed by atoms with Crippen LogP contribution in [-0.2, 0) is 0 Å². The highest BCUT2D eigenvalue weighted by molar-refractivity contribution is 5.82. The number of hydrogen-bond donors (Lipinski definition) is 1. The monoisotopic (exact) mass is 341 g/mol. The van der Waals surface area contributed by atoms with Gasteiger partial charge in [-0.3, -0.25) is 9.78 Å². The van der Waals surface area contributed by atoms with Crippen molar-refractivity contribution in [3.05, 3.63) is 47.8 Å². The van der Waals surface area contributed by atoms with Gasteiger partial charge in [0.15, 0.2) is 12.0 Å². The number of hydrogen-bond acceptors (Lipinski definition) is 5. The van der Waals surface area contributed by atoms with Crippen LogP contribution in [0.15, 0.2) is 36.7 Å². The average Bonchev–Trinajstić information content (AvgIpc) is 2.66. The van der Waals surface area contributed by atoms with Crippen LogP contribution in [0.4, 0.5) is 0 Å². The number of benzene rings is 1. The van der Waals surface area contributed by atoms with Crippen molar-refractivity contribution in [2.75, 3.05) is 13.7 Å². The second-order valence-electron chi connectivity index (χ2n) is 6.39. The largest absolute Gasteiger partial charge is 0.505 e. The minimum absolute atomic E-state index is 0.152. The molecule has 3 rings (SSSR count). The van der Waals surface area contributed by atoms with Crippen LogP contribution in [-0.4, -0.2) is 30.1 Å². The Morgan fingerprint density at radius 1 is 1.20 bits per heavy atom. The summed E-state index contributed by atoms with van der Waals surface area (Å²) in [5, 5.41) is 9.74. The topological polar surface area (TPSA) is 68.7 Å². The number of ether oxygens (including phenoxy) is 2. The Balaban J connectivity index is 1.78. The zero-order valence-corrected chi connectivity index (χ0v) is 14.4. The Bertz CT molecular complexity index is 731. The summed E-state index contributed by atoms with van der Waals surface area (Å²) in [7, 11) is 1.70. The van der Waals surface area contributed by atoms with E-state index in [1.165, 1.54) is 30.8 Å². The van der Waals surface area contributed by atoms with E-state index in [1.54, 1.807) is 7.11 Å². The molecule has 132 valence electrons. The fourth-order valence-corrected chi connectivity index (χ4v) is 3.66. The van der Waals surface area contributed by atoms with E-state index in [2.05, 4.69) is 11.1 Å². The quantitative estimate of drug-likeness (QED) is 0.806. The number of para-hydroxylation sites is 1. The first-order chi connectivity index (χ1) is 12.2. The number of carbonyl (C=O) groups excluding carboxylic acids is 1. The van der Waals surface area contributed by atoms with E-state index >= 15 is 0 Å². The van der Waals surface area contributed by atoms with Crippen molar-refractivity contribution in [1.29, 1.82) is 0 Å². The van der Waals surface area contributed by atoms with Gasteiger partial charge in [-0.15, -0.1) is 0 Å². The molecule has 5 nitrogen and oxygen atoms in total. The summed E-state index contributed by atoms with van der Waals surface area (Å²) in [5.74, 6) is 1.77. The van der Waals surface area contributed by atoms with E-state index in [0.29, 0.717) is 30.5 Å². The van der Waals surface area contributed by atoms with E-state index in [0.717, 1.165) is 18.6 Å². The molecule has 1 aromatic heterocycles. The lowest BCUT2D eigenvalue weighted by Gasteiger charge is -2.32. The highest BCUT2D eigenvalue weighted by atomic mass is 16.5. The van der Waals surface area contributed by atoms with Crippen molar-refractivity contribution in [1.82, 2.24) is 4.98 Å². The lowest BCUT2D eigenvalue weighted by atomic mass is 9.75. The van der Waals surface area contributed by atoms with Crippen LogP contribution < -0.4 is 9.47 Å². The van der Waals surface area contributed by atoms with Crippen LogP contribution in [0.1, 0.15) is 47.5 Å². The molecule has 0 spiro atoms. The molecule has 2 atom stereocenters. The summed E-state index contributed by atoms with van der Waals surface area (Å²) in [6.45, 7) is 0.481. The Morgan fingerprint density at radius 2 is 2.00 bits per heavy atom. The minimum Gasteiger partial charge on any atom is -0.505 e. The van der Waals surface area contributed by atoms with E-state index < -0.39 is 0 Å². The van der Waals surface area contributed by atoms with Gasteiger partial charge in [0.05, 0.1) is 26.1 Å². The van der Waals surface area contributed by atoms with Gasteiger partial charge in [0, 0.05) is 0 Å². The molecule has 1 fully saturated rings. The summed E-state index contributed by atoms with van der Waals surface area (Å²) < 4.78 is 11.4. The van der Waals surface area contributed by atoms with E-state index in [9.17, 15) is 9.90 Å². The van der Waals surface area contributed by atoms with Crippen molar-refractivity contribution < 1.29 is 19.4 Å². The standard InChI is InChI=1S/C20H23NO4/c1-24-19-9-5-4-8-16(19)15-7-3-2-6-14(15)13-25-20-11-21-10-18(23)17(20)12-22/h4-5,8-12,14-15,23H,2-3,6-7,13H2,1H3. The number of pyridine rings is 1. The predicted molar refractivity (Wildman–Crippen MR) is 94.5 cm³/mol. The lowest BCUT2D eigenvalue weighted by molar-refractivity contribution is 0.111. The van der Waals surface area contributed by atoms with Gasteiger partial charge in [0.1, 0.15) is 17.1 Å². The summed E-state index contributed by atoms with van der Waals surface area (Å²) in [6.07, 6.45) is 7.83. The second-order valence-corrected chi connectivity index (χ2v) is 6.39. The maximum Gasteiger partial charge on any atom is 0.157 e. The molecule has 0 bridgehead atoms. The van der Waals surface area contributed by atoms with Crippen LogP contribution in [0.3, 0.4) is 0 Å². The summed E-state index contributed by atoms with van der Waals surface area (Å²) in [6, 6.07) is 8.12. The van der Waals surface area contributed by atoms with Crippen molar-refractivity contribution in [3.63, 3.8) is 0 Å². The fourth-order valence-electron chi connectivity index (χ4n) is 3.66.